The Morgan fingerprint density at radius 1 is 1.17 bits per heavy atom. The number of carbonyl (C=O) groups excluding carboxylic acids is 1. The number of amides is 1. The van der Waals surface area contributed by atoms with Gasteiger partial charge in [0.1, 0.15) is 0 Å². The number of carboxylic acids is 1. The topological polar surface area (TPSA) is 110 Å². The lowest BCUT2D eigenvalue weighted by Gasteiger charge is -2.23. The highest BCUT2D eigenvalue weighted by Crippen LogP contribution is 2.26. The highest BCUT2D eigenvalue weighted by molar-refractivity contribution is 6.05. The third-order valence-electron chi connectivity index (χ3n) is 4.61. The molecule has 0 atom stereocenters. The summed E-state index contributed by atoms with van der Waals surface area (Å²) in [6.07, 6.45) is 4.61. The SMILES string of the molecule is CON(C(=O)c1ccc(C)c(-n2cc(C(=O)O)nn2)c1)c1cncc(C(C)(C)C)c1. The quantitative estimate of drug-likeness (QED) is 0.644. The van der Waals surface area contributed by atoms with Crippen LogP contribution < -0.4 is 5.06 Å². The number of aromatic carboxylic acids is 1. The maximum atomic E-state index is 13.2. The van der Waals surface area contributed by atoms with E-state index in [9.17, 15) is 9.59 Å². The maximum Gasteiger partial charge on any atom is 0.358 e. The molecule has 0 aliphatic carbocycles. The Labute approximate surface area is 173 Å². The molecular formula is C21H23N5O4. The van der Waals surface area contributed by atoms with Gasteiger partial charge in [-0.1, -0.05) is 32.1 Å². The molecule has 0 bridgehead atoms. The largest absolute Gasteiger partial charge is 0.476 e. The molecule has 0 radical (unpaired) electrons. The molecule has 3 rings (SSSR count). The van der Waals surface area contributed by atoms with Crippen LogP contribution in [0.4, 0.5) is 5.69 Å². The van der Waals surface area contributed by atoms with Crippen LogP contribution in [0.1, 0.15) is 52.7 Å². The Kier molecular flexibility index (Phi) is 5.66. The van der Waals surface area contributed by atoms with Crippen molar-refractivity contribution in [3.63, 3.8) is 0 Å². The van der Waals surface area contributed by atoms with E-state index in [1.165, 1.54) is 23.1 Å². The maximum absolute atomic E-state index is 13.2. The number of nitrogens with zero attached hydrogens (tertiary/aromatic N) is 5. The highest BCUT2D eigenvalue weighted by Gasteiger charge is 2.22. The van der Waals surface area contributed by atoms with Gasteiger partial charge in [-0.3, -0.25) is 14.6 Å². The van der Waals surface area contributed by atoms with Crippen molar-refractivity contribution in [1.29, 1.82) is 0 Å². The average Bonchev–Trinajstić information content (AvgIpc) is 3.19. The fourth-order valence-electron chi connectivity index (χ4n) is 2.84. The second-order valence-electron chi connectivity index (χ2n) is 7.82. The summed E-state index contributed by atoms with van der Waals surface area (Å²) >= 11 is 0. The molecule has 0 spiro atoms. The van der Waals surface area contributed by atoms with Gasteiger partial charge in [-0.25, -0.2) is 9.48 Å². The van der Waals surface area contributed by atoms with E-state index in [1.807, 2.05) is 13.0 Å². The molecule has 0 aliphatic rings. The van der Waals surface area contributed by atoms with Crippen molar-refractivity contribution in [2.24, 2.45) is 0 Å². The van der Waals surface area contributed by atoms with Gasteiger partial charge < -0.3 is 5.11 Å². The molecule has 1 N–H and O–H groups in total. The van der Waals surface area contributed by atoms with Crippen LogP contribution in [0.3, 0.4) is 0 Å². The molecule has 3 aromatic rings. The number of pyridine rings is 1. The minimum absolute atomic E-state index is 0.141. The second kappa shape index (κ2) is 8.03. The molecule has 2 aromatic heterocycles. The van der Waals surface area contributed by atoms with Crippen LogP contribution in [0, 0.1) is 6.92 Å². The van der Waals surface area contributed by atoms with Crippen LogP contribution in [0.25, 0.3) is 5.69 Å². The van der Waals surface area contributed by atoms with Crippen LogP contribution in [0.2, 0.25) is 0 Å². The molecule has 1 amide bonds. The number of anilines is 1. The van der Waals surface area contributed by atoms with Gasteiger partial charge in [0.2, 0.25) is 0 Å². The van der Waals surface area contributed by atoms with Crippen molar-refractivity contribution in [3.8, 4) is 5.69 Å². The van der Waals surface area contributed by atoms with Gasteiger partial charge in [0.25, 0.3) is 5.91 Å². The van der Waals surface area contributed by atoms with Gasteiger partial charge >= 0.3 is 5.97 Å². The molecule has 156 valence electrons. The Hall–Kier alpha value is -3.59. The number of rotatable bonds is 5. The van der Waals surface area contributed by atoms with Gasteiger partial charge in [-0.05, 0) is 41.7 Å². The minimum atomic E-state index is -1.18. The summed E-state index contributed by atoms with van der Waals surface area (Å²) in [6, 6.07) is 6.90. The van der Waals surface area contributed by atoms with Gasteiger partial charge in [0, 0.05) is 11.8 Å². The summed E-state index contributed by atoms with van der Waals surface area (Å²) in [5, 5.41) is 17.7. The third kappa shape index (κ3) is 4.20. The van der Waals surface area contributed by atoms with Crippen molar-refractivity contribution in [3.05, 3.63) is 65.2 Å². The standard InChI is InChI=1S/C21H23N5O4/c1-13-6-7-14(8-18(13)25-12-17(20(28)29)23-24-25)19(27)26(30-5)16-9-15(10-22-11-16)21(2,3)4/h6-12H,1-5H3,(H,28,29). The predicted molar refractivity (Wildman–Crippen MR) is 110 cm³/mol. The fourth-order valence-corrected chi connectivity index (χ4v) is 2.84. The lowest BCUT2D eigenvalue weighted by molar-refractivity contribution is 0.0689. The van der Waals surface area contributed by atoms with Gasteiger partial charge in [-0.2, -0.15) is 5.06 Å². The smallest absolute Gasteiger partial charge is 0.358 e. The molecule has 9 heteroatoms. The molecule has 9 nitrogen and oxygen atoms in total. The molecule has 0 unspecified atom stereocenters. The lowest BCUT2D eigenvalue weighted by Crippen LogP contribution is -2.30. The number of hydrogen-bond acceptors (Lipinski definition) is 6. The summed E-state index contributed by atoms with van der Waals surface area (Å²) in [7, 11) is 1.41. The lowest BCUT2D eigenvalue weighted by atomic mass is 9.88. The van der Waals surface area contributed by atoms with E-state index in [0.29, 0.717) is 16.9 Å². The Morgan fingerprint density at radius 3 is 2.50 bits per heavy atom. The summed E-state index contributed by atoms with van der Waals surface area (Å²) in [4.78, 5) is 33.9. The first-order chi connectivity index (χ1) is 14.1. The molecule has 0 aliphatic heterocycles. The van der Waals surface area contributed by atoms with Crippen molar-refractivity contribution in [2.75, 3.05) is 12.2 Å². The number of hydroxylamine groups is 1. The van der Waals surface area contributed by atoms with E-state index in [-0.39, 0.29) is 11.1 Å². The first-order valence-corrected chi connectivity index (χ1v) is 9.22. The zero-order chi connectivity index (χ0) is 22.1. The summed E-state index contributed by atoms with van der Waals surface area (Å²) < 4.78 is 1.33. The molecular weight excluding hydrogens is 386 g/mol. The number of aromatic nitrogens is 4. The van der Waals surface area contributed by atoms with Gasteiger partial charge in [0.15, 0.2) is 5.69 Å². The fraction of sp³-hybridized carbons (Fsp3) is 0.286. The monoisotopic (exact) mass is 409 g/mol. The van der Waals surface area contributed by atoms with Crippen molar-refractivity contribution >= 4 is 17.6 Å². The first-order valence-electron chi connectivity index (χ1n) is 9.22. The first kappa shape index (κ1) is 21.1. The minimum Gasteiger partial charge on any atom is -0.476 e. The van der Waals surface area contributed by atoms with E-state index in [1.54, 1.807) is 30.6 Å². The summed E-state index contributed by atoms with van der Waals surface area (Å²) in [5.41, 5.74) is 2.82. The molecule has 30 heavy (non-hydrogen) atoms. The second-order valence-corrected chi connectivity index (χ2v) is 7.82. The predicted octanol–water partition coefficient (Wildman–Crippen LogP) is 3.17. The number of benzene rings is 1. The van der Waals surface area contributed by atoms with Gasteiger partial charge in [0.05, 0.1) is 30.9 Å². The van der Waals surface area contributed by atoms with Crippen LogP contribution in [-0.4, -0.2) is 44.1 Å². The van der Waals surface area contributed by atoms with Crippen LogP contribution >= 0.6 is 0 Å². The van der Waals surface area contributed by atoms with E-state index in [2.05, 4.69) is 36.1 Å². The van der Waals surface area contributed by atoms with Crippen LogP contribution in [0.5, 0.6) is 0 Å². The van der Waals surface area contributed by atoms with Crippen molar-refractivity contribution in [2.45, 2.75) is 33.1 Å². The summed E-state index contributed by atoms with van der Waals surface area (Å²) in [6.45, 7) is 8.00. The number of aryl methyl sites for hydroxylation is 1. The van der Waals surface area contributed by atoms with Crippen LogP contribution in [-0.2, 0) is 10.3 Å². The van der Waals surface area contributed by atoms with E-state index in [4.69, 9.17) is 9.94 Å². The average molecular weight is 409 g/mol. The summed E-state index contributed by atoms with van der Waals surface area (Å²) in [5.74, 6) is -1.58. The zero-order valence-electron chi connectivity index (χ0n) is 17.4. The Morgan fingerprint density at radius 2 is 1.90 bits per heavy atom. The van der Waals surface area contributed by atoms with E-state index in [0.717, 1.165) is 11.1 Å². The number of hydrogen-bond donors (Lipinski definition) is 1. The van der Waals surface area contributed by atoms with Crippen LogP contribution in [0.15, 0.2) is 42.9 Å². The number of carbonyl (C=O) groups is 2. The molecule has 0 saturated heterocycles. The third-order valence-corrected chi connectivity index (χ3v) is 4.61. The molecule has 0 fully saturated rings. The number of carboxylic acid groups (broad SMARTS) is 1. The van der Waals surface area contributed by atoms with E-state index >= 15 is 0 Å². The molecule has 1 aromatic carbocycles. The zero-order valence-corrected chi connectivity index (χ0v) is 17.4. The molecule has 2 heterocycles. The highest BCUT2D eigenvalue weighted by atomic mass is 16.7. The Bertz CT molecular complexity index is 1100. The molecule has 0 saturated carbocycles. The van der Waals surface area contributed by atoms with Crippen molar-refractivity contribution < 1.29 is 19.5 Å². The van der Waals surface area contributed by atoms with Gasteiger partial charge in [-0.15, -0.1) is 5.10 Å². The van der Waals surface area contributed by atoms with Crippen molar-refractivity contribution in [1.82, 2.24) is 20.0 Å². The normalized spacial score (nSPS) is 11.4. The Balaban J connectivity index is 1.98. The van der Waals surface area contributed by atoms with E-state index < -0.39 is 11.9 Å².